The minimum absolute atomic E-state index is 0.248. The fourth-order valence-corrected chi connectivity index (χ4v) is 1.95. The smallest absolute Gasteiger partial charge is 0.288 e. The molecule has 19 heavy (non-hydrogen) atoms. The number of carbonyl (C=O) groups is 1. The van der Waals surface area contributed by atoms with E-state index in [0.29, 0.717) is 16.9 Å². The first-order chi connectivity index (χ1) is 9.16. The third kappa shape index (κ3) is 1.79. The van der Waals surface area contributed by atoms with Crippen LogP contribution in [0.4, 0.5) is 0 Å². The van der Waals surface area contributed by atoms with Gasteiger partial charge < -0.3 is 5.73 Å². The number of amides is 1. The molecule has 3 N–H and O–H groups in total. The van der Waals surface area contributed by atoms with Crippen LogP contribution < -0.4 is 11.3 Å². The van der Waals surface area contributed by atoms with Crippen LogP contribution in [-0.2, 0) is 0 Å². The summed E-state index contributed by atoms with van der Waals surface area (Å²) in [7, 11) is 0. The topological polar surface area (TPSA) is 93.2 Å². The number of hydrogen-bond donors (Lipinski definition) is 2. The van der Waals surface area contributed by atoms with Crippen LogP contribution in [0.1, 0.15) is 10.4 Å². The summed E-state index contributed by atoms with van der Waals surface area (Å²) >= 11 is 0. The number of nitrogens with one attached hydrogen (secondary N) is 1. The Balaban J connectivity index is 2.19. The summed E-state index contributed by atoms with van der Waals surface area (Å²) in [5, 5.41) is 6.48. The Bertz CT molecular complexity index is 815. The Labute approximate surface area is 107 Å². The highest BCUT2D eigenvalue weighted by atomic mass is 16.1. The van der Waals surface area contributed by atoms with Crippen LogP contribution in [0.25, 0.3) is 16.9 Å². The third-order valence-electron chi connectivity index (χ3n) is 2.90. The van der Waals surface area contributed by atoms with Crippen molar-refractivity contribution in [3.63, 3.8) is 0 Å². The van der Waals surface area contributed by atoms with Crippen LogP contribution in [0.15, 0.2) is 47.4 Å². The van der Waals surface area contributed by atoms with Gasteiger partial charge in [-0.2, -0.15) is 5.10 Å². The van der Waals surface area contributed by atoms with E-state index in [1.807, 2.05) is 0 Å². The number of nitrogens with two attached hydrogens (primary N) is 1. The van der Waals surface area contributed by atoms with Crippen molar-refractivity contribution in [3.05, 3.63) is 58.5 Å². The van der Waals surface area contributed by atoms with Crippen molar-refractivity contribution in [2.75, 3.05) is 0 Å². The molecule has 0 radical (unpaired) electrons. The van der Waals surface area contributed by atoms with Crippen molar-refractivity contribution in [2.24, 2.45) is 5.73 Å². The molecule has 0 aliphatic carbocycles. The van der Waals surface area contributed by atoms with Crippen molar-refractivity contribution in [1.29, 1.82) is 0 Å². The molecule has 0 bridgehead atoms. The summed E-state index contributed by atoms with van der Waals surface area (Å²) in [5.74, 6) is 0.114. The molecule has 6 nitrogen and oxygen atoms in total. The molecule has 1 amide bonds. The SMILES string of the molecule is NC(=O)c1ccc(-c2n[nH]c(=O)c3cccn23)cc1. The molecule has 6 heteroatoms. The molecule has 3 rings (SSSR count). The Morgan fingerprint density at radius 2 is 1.95 bits per heavy atom. The van der Waals surface area contributed by atoms with Crippen LogP contribution in [0.2, 0.25) is 0 Å². The van der Waals surface area contributed by atoms with Crippen LogP contribution in [-0.4, -0.2) is 20.5 Å². The minimum Gasteiger partial charge on any atom is -0.366 e. The number of rotatable bonds is 2. The zero-order valence-electron chi connectivity index (χ0n) is 9.83. The van der Waals surface area contributed by atoms with E-state index in [-0.39, 0.29) is 5.56 Å². The lowest BCUT2D eigenvalue weighted by Crippen LogP contribution is -2.13. The van der Waals surface area contributed by atoms with E-state index in [0.717, 1.165) is 5.56 Å². The molecular weight excluding hydrogens is 244 g/mol. The van der Waals surface area contributed by atoms with Gasteiger partial charge in [0.25, 0.3) is 5.56 Å². The predicted octanol–water partition coefficient (Wildman–Crippen LogP) is 0.788. The van der Waals surface area contributed by atoms with Crippen molar-refractivity contribution >= 4 is 11.4 Å². The number of nitrogens with zero attached hydrogens (tertiary/aromatic N) is 2. The number of hydrogen-bond acceptors (Lipinski definition) is 3. The van der Waals surface area contributed by atoms with E-state index in [1.54, 1.807) is 47.0 Å². The maximum atomic E-state index is 11.6. The molecule has 94 valence electrons. The second-order valence-electron chi connectivity index (χ2n) is 4.08. The second kappa shape index (κ2) is 4.09. The molecule has 3 aromatic rings. The average Bonchev–Trinajstić information content (AvgIpc) is 2.89. The number of primary amides is 1. The van der Waals surface area contributed by atoms with Crippen LogP contribution in [0.3, 0.4) is 0 Å². The van der Waals surface area contributed by atoms with Crippen molar-refractivity contribution < 1.29 is 4.79 Å². The molecule has 0 aliphatic heterocycles. The van der Waals surface area contributed by atoms with Crippen molar-refractivity contribution in [3.8, 4) is 11.4 Å². The molecule has 0 saturated heterocycles. The normalized spacial score (nSPS) is 10.7. The van der Waals surface area contributed by atoms with Crippen LogP contribution in [0, 0.1) is 0 Å². The summed E-state index contributed by atoms with van der Waals surface area (Å²) in [4.78, 5) is 22.6. The molecule has 0 fully saturated rings. The highest BCUT2D eigenvalue weighted by molar-refractivity contribution is 5.93. The van der Waals surface area contributed by atoms with Gasteiger partial charge in [-0.3, -0.25) is 14.0 Å². The van der Waals surface area contributed by atoms with Crippen LogP contribution in [0.5, 0.6) is 0 Å². The lowest BCUT2D eigenvalue weighted by atomic mass is 10.1. The largest absolute Gasteiger partial charge is 0.366 e. The minimum atomic E-state index is -0.480. The molecular formula is C13H10N4O2. The van der Waals surface area contributed by atoms with E-state index >= 15 is 0 Å². The number of fused-ring (bicyclic) bond motifs is 1. The Morgan fingerprint density at radius 1 is 1.21 bits per heavy atom. The number of aromatic amines is 1. The lowest BCUT2D eigenvalue weighted by molar-refractivity contribution is 0.100. The van der Waals surface area contributed by atoms with Gasteiger partial charge in [-0.25, -0.2) is 5.10 Å². The van der Waals surface area contributed by atoms with Gasteiger partial charge in [0, 0.05) is 17.3 Å². The molecule has 0 atom stereocenters. The van der Waals surface area contributed by atoms with Crippen molar-refractivity contribution in [2.45, 2.75) is 0 Å². The highest BCUT2D eigenvalue weighted by Gasteiger charge is 2.08. The first-order valence-corrected chi connectivity index (χ1v) is 5.63. The van der Waals surface area contributed by atoms with Gasteiger partial charge >= 0.3 is 0 Å². The fourth-order valence-electron chi connectivity index (χ4n) is 1.95. The summed E-state index contributed by atoms with van der Waals surface area (Å²) in [6.45, 7) is 0. The maximum Gasteiger partial charge on any atom is 0.288 e. The third-order valence-corrected chi connectivity index (χ3v) is 2.90. The Hall–Kier alpha value is -2.89. The summed E-state index contributed by atoms with van der Waals surface area (Å²) in [6.07, 6.45) is 1.76. The van der Waals surface area contributed by atoms with Gasteiger partial charge in [-0.05, 0) is 24.3 Å². The van der Waals surface area contributed by atoms with Gasteiger partial charge in [0.05, 0.1) is 0 Å². The molecule has 0 aliphatic rings. The average molecular weight is 254 g/mol. The molecule has 0 saturated carbocycles. The number of carbonyl (C=O) groups excluding carboxylic acids is 1. The van der Waals surface area contributed by atoms with E-state index < -0.39 is 5.91 Å². The van der Waals surface area contributed by atoms with E-state index in [1.165, 1.54) is 0 Å². The zero-order valence-corrected chi connectivity index (χ0v) is 9.83. The first-order valence-electron chi connectivity index (χ1n) is 5.63. The molecule has 0 unspecified atom stereocenters. The quantitative estimate of drug-likeness (QED) is 0.708. The lowest BCUT2D eigenvalue weighted by Gasteiger charge is -2.04. The first kappa shape index (κ1) is 11.2. The highest BCUT2D eigenvalue weighted by Crippen LogP contribution is 2.17. The zero-order chi connectivity index (χ0) is 13.4. The number of aromatic nitrogens is 3. The van der Waals surface area contributed by atoms with Gasteiger partial charge in [0.15, 0.2) is 5.82 Å². The monoisotopic (exact) mass is 254 g/mol. The van der Waals surface area contributed by atoms with Gasteiger partial charge in [0.2, 0.25) is 5.91 Å². The van der Waals surface area contributed by atoms with Gasteiger partial charge in [0.1, 0.15) is 5.52 Å². The second-order valence-corrected chi connectivity index (χ2v) is 4.08. The van der Waals surface area contributed by atoms with Crippen LogP contribution >= 0.6 is 0 Å². The maximum absolute atomic E-state index is 11.6. The summed E-state index contributed by atoms with van der Waals surface area (Å²) in [6, 6.07) is 10.2. The predicted molar refractivity (Wildman–Crippen MR) is 69.8 cm³/mol. The van der Waals surface area contributed by atoms with Gasteiger partial charge in [-0.15, -0.1) is 0 Å². The van der Waals surface area contributed by atoms with E-state index in [2.05, 4.69) is 10.2 Å². The molecule has 0 spiro atoms. The Kier molecular flexibility index (Phi) is 2.42. The number of benzene rings is 1. The van der Waals surface area contributed by atoms with Gasteiger partial charge in [-0.1, -0.05) is 12.1 Å². The summed E-state index contributed by atoms with van der Waals surface area (Å²) < 4.78 is 1.69. The Morgan fingerprint density at radius 3 is 2.63 bits per heavy atom. The standard InChI is InChI=1S/C13H10N4O2/c14-11(18)8-3-5-9(6-4-8)12-15-16-13(19)10-2-1-7-17(10)12/h1-7H,(H2,14,18)(H,16,19). The van der Waals surface area contributed by atoms with E-state index in [4.69, 9.17) is 5.73 Å². The number of H-pyrrole nitrogens is 1. The molecule has 2 heterocycles. The molecule has 2 aromatic heterocycles. The fraction of sp³-hybridized carbons (Fsp3) is 0. The van der Waals surface area contributed by atoms with E-state index in [9.17, 15) is 9.59 Å². The molecule has 1 aromatic carbocycles. The summed E-state index contributed by atoms with van der Waals surface area (Å²) in [5.41, 5.74) is 6.67. The van der Waals surface area contributed by atoms with Crippen molar-refractivity contribution in [1.82, 2.24) is 14.6 Å².